The Bertz CT molecular complexity index is 533. The Hall–Kier alpha value is -2.37. The fourth-order valence-corrected chi connectivity index (χ4v) is 1.28. The molecule has 0 fully saturated rings. The summed E-state index contributed by atoms with van der Waals surface area (Å²) in [6.45, 7) is 0. The molecule has 2 aromatic rings. The molecule has 17 heavy (non-hydrogen) atoms. The fourth-order valence-electron chi connectivity index (χ4n) is 1.28. The van der Waals surface area contributed by atoms with E-state index in [0.717, 1.165) is 0 Å². The number of hydrogen-bond acceptors (Lipinski definition) is 5. The third kappa shape index (κ3) is 2.60. The molecule has 0 saturated carbocycles. The SMILES string of the molecule is COc1ccc(F)c(Nc2nccc(N)n2)c1. The van der Waals surface area contributed by atoms with Crippen molar-refractivity contribution in [2.24, 2.45) is 0 Å². The molecule has 88 valence electrons. The normalized spacial score (nSPS) is 10.0. The van der Waals surface area contributed by atoms with Gasteiger partial charge in [-0.25, -0.2) is 9.37 Å². The number of aromatic nitrogens is 2. The summed E-state index contributed by atoms with van der Waals surface area (Å²) >= 11 is 0. The summed E-state index contributed by atoms with van der Waals surface area (Å²) in [7, 11) is 1.51. The summed E-state index contributed by atoms with van der Waals surface area (Å²) in [6.07, 6.45) is 1.49. The number of nitrogens with one attached hydrogen (secondary N) is 1. The highest BCUT2D eigenvalue weighted by atomic mass is 19.1. The first kappa shape index (κ1) is 11.1. The molecule has 0 radical (unpaired) electrons. The predicted molar refractivity (Wildman–Crippen MR) is 62.7 cm³/mol. The van der Waals surface area contributed by atoms with Gasteiger partial charge < -0.3 is 15.8 Å². The van der Waals surface area contributed by atoms with Gasteiger partial charge in [0.15, 0.2) is 0 Å². The Labute approximate surface area is 97.5 Å². The van der Waals surface area contributed by atoms with Gasteiger partial charge in [-0.05, 0) is 18.2 Å². The molecule has 0 bridgehead atoms. The van der Waals surface area contributed by atoms with Crippen LogP contribution in [0.5, 0.6) is 5.75 Å². The topological polar surface area (TPSA) is 73.1 Å². The van der Waals surface area contributed by atoms with Crippen LogP contribution < -0.4 is 15.8 Å². The van der Waals surface area contributed by atoms with Gasteiger partial charge in [0.05, 0.1) is 12.8 Å². The van der Waals surface area contributed by atoms with E-state index in [0.29, 0.717) is 11.6 Å². The van der Waals surface area contributed by atoms with E-state index in [1.807, 2.05) is 0 Å². The molecular weight excluding hydrogens is 223 g/mol. The third-order valence-corrected chi connectivity index (χ3v) is 2.10. The van der Waals surface area contributed by atoms with Gasteiger partial charge >= 0.3 is 0 Å². The highest BCUT2D eigenvalue weighted by molar-refractivity contribution is 5.57. The summed E-state index contributed by atoms with van der Waals surface area (Å²) in [5.74, 6) is 0.664. The number of hydrogen-bond donors (Lipinski definition) is 2. The summed E-state index contributed by atoms with van der Waals surface area (Å²) < 4.78 is 18.5. The number of benzene rings is 1. The number of rotatable bonds is 3. The maximum absolute atomic E-state index is 13.5. The quantitative estimate of drug-likeness (QED) is 0.849. The van der Waals surface area contributed by atoms with Crippen molar-refractivity contribution in [1.82, 2.24) is 9.97 Å². The lowest BCUT2D eigenvalue weighted by Gasteiger charge is -2.07. The zero-order chi connectivity index (χ0) is 12.3. The van der Waals surface area contributed by atoms with E-state index in [9.17, 15) is 4.39 Å². The molecule has 3 N–H and O–H groups in total. The first-order valence-corrected chi connectivity index (χ1v) is 4.88. The number of methoxy groups -OCH3 is 1. The average Bonchev–Trinajstić information content (AvgIpc) is 2.32. The zero-order valence-electron chi connectivity index (χ0n) is 9.14. The molecule has 1 heterocycles. The van der Waals surface area contributed by atoms with Gasteiger partial charge in [-0.3, -0.25) is 0 Å². The minimum atomic E-state index is -0.420. The number of anilines is 3. The molecule has 0 amide bonds. The Morgan fingerprint density at radius 1 is 1.35 bits per heavy atom. The van der Waals surface area contributed by atoms with Crippen molar-refractivity contribution in [3.05, 3.63) is 36.3 Å². The van der Waals surface area contributed by atoms with Crippen molar-refractivity contribution >= 4 is 17.5 Å². The Kier molecular flexibility index (Phi) is 3.04. The first-order chi connectivity index (χ1) is 8.19. The molecule has 1 aromatic heterocycles. The van der Waals surface area contributed by atoms with Gasteiger partial charge in [-0.2, -0.15) is 4.98 Å². The third-order valence-electron chi connectivity index (χ3n) is 2.10. The Balaban J connectivity index is 2.29. The summed E-state index contributed by atoms with van der Waals surface area (Å²) in [5.41, 5.74) is 5.73. The van der Waals surface area contributed by atoms with Crippen molar-refractivity contribution in [3.63, 3.8) is 0 Å². The van der Waals surface area contributed by atoms with Gasteiger partial charge in [0.1, 0.15) is 17.4 Å². The maximum Gasteiger partial charge on any atom is 0.229 e. The van der Waals surface area contributed by atoms with Crippen LogP contribution in [0.15, 0.2) is 30.5 Å². The molecule has 1 aromatic carbocycles. The molecular formula is C11H11FN4O. The second kappa shape index (κ2) is 4.65. The van der Waals surface area contributed by atoms with E-state index in [-0.39, 0.29) is 11.6 Å². The van der Waals surface area contributed by atoms with Gasteiger partial charge in [-0.15, -0.1) is 0 Å². The lowest BCUT2D eigenvalue weighted by Crippen LogP contribution is -2.01. The molecule has 6 heteroatoms. The van der Waals surface area contributed by atoms with E-state index in [1.165, 1.54) is 31.5 Å². The van der Waals surface area contributed by atoms with Crippen LogP contribution in [0, 0.1) is 5.82 Å². The number of ether oxygens (including phenoxy) is 1. The zero-order valence-corrected chi connectivity index (χ0v) is 9.14. The lowest BCUT2D eigenvalue weighted by atomic mass is 10.3. The van der Waals surface area contributed by atoms with Crippen LogP contribution in [0.4, 0.5) is 21.8 Å². The number of nitrogens with two attached hydrogens (primary N) is 1. The molecule has 0 aliphatic rings. The Morgan fingerprint density at radius 2 is 2.18 bits per heavy atom. The van der Waals surface area contributed by atoms with Gasteiger partial charge in [0.2, 0.25) is 5.95 Å². The molecule has 0 unspecified atom stereocenters. The molecule has 2 rings (SSSR count). The van der Waals surface area contributed by atoms with Crippen molar-refractivity contribution < 1.29 is 9.13 Å². The number of nitrogen functional groups attached to an aromatic ring is 1. The summed E-state index contributed by atoms with van der Waals surface area (Å²) in [5, 5.41) is 2.73. The van der Waals surface area contributed by atoms with E-state index < -0.39 is 5.82 Å². The van der Waals surface area contributed by atoms with Crippen LogP contribution >= 0.6 is 0 Å². The molecule has 0 atom stereocenters. The summed E-state index contributed by atoms with van der Waals surface area (Å²) in [6, 6.07) is 5.89. The second-order valence-corrected chi connectivity index (χ2v) is 3.28. The maximum atomic E-state index is 13.5. The van der Waals surface area contributed by atoms with Crippen molar-refractivity contribution in [1.29, 1.82) is 0 Å². The van der Waals surface area contributed by atoms with E-state index >= 15 is 0 Å². The second-order valence-electron chi connectivity index (χ2n) is 3.28. The first-order valence-electron chi connectivity index (χ1n) is 4.88. The minimum Gasteiger partial charge on any atom is -0.497 e. The van der Waals surface area contributed by atoms with E-state index in [1.54, 1.807) is 6.07 Å². The van der Waals surface area contributed by atoms with Crippen molar-refractivity contribution in [2.45, 2.75) is 0 Å². The monoisotopic (exact) mass is 234 g/mol. The largest absolute Gasteiger partial charge is 0.497 e. The average molecular weight is 234 g/mol. The van der Waals surface area contributed by atoms with E-state index in [4.69, 9.17) is 10.5 Å². The van der Waals surface area contributed by atoms with Crippen molar-refractivity contribution in [3.8, 4) is 5.75 Å². The molecule has 5 nitrogen and oxygen atoms in total. The smallest absolute Gasteiger partial charge is 0.229 e. The van der Waals surface area contributed by atoms with Crippen LogP contribution in [0.1, 0.15) is 0 Å². The van der Waals surface area contributed by atoms with Crippen LogP contribution in [0.25, 0.3) is 0 Å². The van der Waals surface area contributed by atoms with Gasteiger partial charge in [-0.1, -0.05) is 0 Å². The van der Waals surface area contributed by atoms with Crippen LogP contribution in [-0.2, 0) is 0 Å². The van der Waals surface area contributed by atoms with Crippen LogP contribution in [-0.4, -0.2) is 17.1 Å². The van der Waals surface area contributed by atoms with Crippen LogP contribution in [0.3, 0.4) is 0 Å². The Morgan fingerprint density at radius 3 is 2.88 bits per heavy atom. The molecule has 0 aliphatic carbocycles. The summed E-state index contributed by atoms with van der Waals surface area (Å²) in [4.78, 5) is 7.83. The standard InChI is InChI=1S/C11H11FN4O/c1-17-7-2-3-8(12)9(6-7)15-11-14-5-4-10(13)16-11/h2-6H,1H3,(H3,13,14,15,16). The lowest BCUT2D eigenvalue weighted by molar-refractivity contribution is 0.414. The minimum absolute atomic E-state index is 0.231. The van der Waals surface area contributed by atoms with Gasteiger partial charge in [0.25, 0.3) is 0 Å². The highest BCUT2D eigenvalue weighted by Crippen LogP contribution is 2.23. The van der Waals surface area contributed by atoms with Crippen LogP contribution in [0.2, 0.25) is 0 Å². The fraction of sp³-hybridized carbons (Fsp3) is 0.0909. The number of nitrogens with zero attached hydrogens (tertiary/aromatic N) is 2. The number of halogens is 1. The van der Waals surface area contributed by atoms with E-state index in [2.05, 4.69) is 15.3 Å². The van der Waals surface area contributed by atoms with Crippen molar-refractivity contribution in [2.75, 3.05) is 18.2 Å². The predicted octanol–water partition coefficient (Wildman–Crippen LogP) is 1.95. The molecule has 0 aliphatic heterocycles. The molecule has 0 spiro atoms. The highest BCUT2D eigenvalue weighted by Gasteiger charge is 2.05. The van der Waals surface area contributed by atoms with Gasteiger partial charge in [0, 0.05) is 12.3 Å². The molecule has 0 saturated heterocycles.